The van der Waals surface area contributed by atoms with Crippen LogP contribution in [-0.2, 0) is 11.0 Å². The van der Waals surface area contributed by atoms with Gasteiger partial charge in [0.25, 0.3) is 5.91 Å². The average Bonchev–Trinajstić information content (AvgIpc) is 2.70. The molecule has 3 rings (SSSR count). The molecule has 0 fully saturated rings. The lowest BCUT2D eigenvalue weighted by Gasteiger charge is -2.29. The van der Waals surface area contributed by atoms with E-state index in [9.17, 15) is 27.9 Å². The van der Waals surface area contributed by atoms with Gasteiger partial charge in [-0.1, -0.05) is 17.7 Å². The van der Waals surface area contributed by atoms with Gasteiger partial charge in [0.1, 0.15) is 0 Å². The fourth-order valence-electron chi connectivity index (χ4n) is 3.24. The van der Waals surface area contributed by atoms with Gasteiger partial charge in [-0.3, -0.25) is 4.79 Å². The van der Waals surface area contributed by atoms with Gasteiger partial charge in [0.05, 0.1) is 28.8 Å². The molecule has 1 atom stereocenters. The highest BCUT2D eigenvalue weighted by atomic mass is 35.5. The number of ether oxygens (including phenoxy) is 1. The standard InChI is InChI=1S/C21H19ClF3N3O4/c1-3-32-15-8-11(7-14(22)18(15)29)17-16(10(2)26-20(31)28-17)19(30)27-13-6-4-5-12(9-13)21(23,24)25/h4-9,17,29H,3H2,1-2H3,(H,27,30)(H2,26,28,31). The first-order valence-electron chi connectivity index (χ1n) is 9.43. The molecule has 0 saturated carbocycles. The van der Waals surface area contributed by atoms with E-state index in [2.05, 4.69) is 16.0 Å². The van der Waals surface area contributed by atoms with Gasteiger partial charge in [0.15, 0.2) is 11.5 Å². The molecule has 2 aromatic rings. The molecule has 1 heterocycles. The van der Waals surface area contributed by atoms with Gasteiger partial charge < -0.3 is 25.8 Å². The van der Waals surface area contributed by atoms with Crippen LogP contribution in [0.15, 0.2) is 47.7 Å². The van der Waals surface area contributed by atoms with Crippen molar-refractivity contribution in [3.8, 4) is 11.5 Å². The van der Waals surface area contributed by atoms with Gasteiger partial charge in [-0.15, -0.1) is 0 Å². The minimum Gasteiger partial charge on any atom is -0.503 e. The molecule has 0 aromatic heterocycles. The Balaban J connectivity index is 1.99. The summed E-state index contributed by atoms with van der Waals surface area (Å²) >= 11 is 6.08. The Morgan fingerprint density at radius 1 is 1.28 bits per heavy atom. The maximum Gasteiger partial charge on any atom is 0.416 e. The van der Waals surface area contributed by atoms with Gasteiger partial charge >= 0.3 is 12.2 Å². The fourth-order valence-corrected chi connectivity index (χ4v) is 3.46. The maximum atomic E-state index is 13.0. The highest BCUT2D eigenvalue weighted by Gasteiger charge is 2.33. The van der Waals surface area contributed by atoms with Crippen LogP contribution in [0.2, 0.25) is 5.02 Å². The number of rotatable bonds is 5. The lowest BCUT2D eigenvalue weighted by atomic mass is 9.94. The van der Waals surface area contributed by atoms with Crippen molar-refractivity contribution in [2.45, 2.75) is 26.1 Å². The number of phenols is 1. The number of anilines is 1. The zero-order valence-corrected chi connectivity index (χ0v) is 17.7. The smallest absolute Gasteiger partial charge is 0.416 e. The summed E-state index contributed by atoms with van der Waals surface area (Å²) in [6.07, 6.45) is -4.57. The Morgan fingerprint density at radius 3 is 2.66 bits per heavy atom. The van der Waals surface area contributed by atoms with Crippen LogP contribution in [0.4, 0.5) is 23.7 Å². The number of alkyl halides is 3. The second-order valence-corrected chi connectivity index (χ2v) is 7.29. The van der Waals surface area contributed by atoms with Crippen molar-refractivity contribution in [2.24, 2.45) is 0 Å². The van der Waals surface area contributed by atoms with Crippen LogP contribution in [0.25, 0.3) is 0 Å². The number of amides is 3. The zero-order valence-electron chi connectivity index (χ0n) is 16.9. The number of hydrogen-bond donors (Lipinski definition) is 4. The minimum absolute atomic E-state index is 0.0474. The molecule has 1 aliphatic rings. The Labute approximate surface area is 186 Å². The number of phenolic OH excluding ortho intramolecular Hbond substituents is 1. The van der Waals surface area contributed by atoms with Crippen LogP contribution in [0.5, 0.6) is 11.5 Å². The van der Waals surface area contributed by atoms with Crippen LogP contribution in [-0.4, -0.2) is 23.7 Å². The molecule has 7 nitrogen and oxygen atoms in total. The number of carbonyl (C=O) groups is 2. The van der Waals surface area contributed by atoms with E-state index < -0.39 is 29.7 Å². The normalized spacial score (nSPS) is 16.3. The monoisotopic (exact) mass is 469 g/mol. The Kier molecular flexibility index (Phi) is 6.54. The lowest BCUT2D eigenvalue weighted by Crippen LogP contribution is -2.46. The number of allylic oxidation sites excluding steroid dienone is 1. The third-order valence-corrected chi connectivity index (χ3v) is 4.93. The van der Waals surface area contributed by atoms with Crippen LogP contribution in [0.1, 0.15) is 31.0 Å². The molecule has 1 unspecified atom stereocenters. The SMILES string of the molecule is CCOc1cc(C2NC(=O)NC(C)=C2C(=O)Nc2cccc(C(F)(F)F)c2)cc(Cl)c1O. The van der Waals surface area contributed by atoms with Gasteiger partial charge in [-0.05, 0) is 49.7 Å². The number of nitrogens with one attached hydrogen (secondary N) is 3. The number of urea groups is 1. The first-order chi connectivity index (χ1) is 15.0. The van der Waals surface area contributed by atoms with E-state index in [0.29, 0.717) is 5.56 Å². The molecule has 170 valence electrons. The summed E-state index contributed by atoms with van der Waals surface area (Å²) in [5, 5.41) is 17.5. The molecule has 0 spiro atoms. The predicted octanol–water partition coefficient (Wildman–Crippen LogP) is 4.73. The van der Waals surface area contributed by atoms with Crippen LogP contribution in [0, 0.1) is 0 Å². The van der Waals surface area contributed by atoms with E-state index in [1.54, 1.807) is 6.92 Å². The maximum absolute atomic E-state index is 13.0. The van der Waals surface area contributed by atoms with E-state index in [1.165, 1.54) is 31.2 Å². The van der Waals surface area contributed by atoms with E-state index >= 15 is 0 Å². The minimum atomic E-state index is -4.57. The van der Waals surface area contributed by atoms with Crippen LogP contribution >= 0.6 is 11.6 Å². The quantitative estimate of drug-likeness (QED) is 0.508. The largest absolute Gasteiger partial charge is 0.503 e. The second kappa shape index (κ2) is 8.99. The van der Waals surface area contributed by atoms with Crippen LogP contribution < -0.4 is 20.7 Å². The lowest BCUT2D eigenvalue weighted by molar-refractivity contribution is -0.137. The molecule has 32 heavy (non-hydrogen) atoms. The van der Waals surface area contributed by atoms with Crippen molar-refractivity contribution in [1.29, 1.82) is 0 Å². The number of aromatic hydroxyl groups is 1. The Bertz CT molecular complexity index is 1100. The third kappa shape index (κ3) is 4.91. The third-order valence-electron chi connectivity index (χ3n) is 4.65. The molecule has 1 aliphatic heterocycles. The molecule has 0 saturated heterocycles. The Morgan fingerprint density at radius 2 is 2.00 bits per heavy atom. The zero-order chi connectivity index (χ0) is 23.6. The summed E-state index contributed by atoms with van der Waals surface area (Å²) in [5.74, 6) is -0.979. The summed E-state index contributed by atoms with van der Waals surface area (Å²) in [5.41, 5.74) is -0.407. The summed E-state index contributed by atoms with van der Waals surface area (Å²) in [4.78, 5) is 25.1. The highest BCUT2D eigenvalue weighted by molar-refractivity contribution is 6.32. The first-order valence-corrected chi connectivity index (χ1v) is 9.81. The van der Waals surface area contributed by atoms with Crippen molar-refractivity contribution < 1.29 is 32.6 Å². The molecular weight excluding hydrogens is 451 g/mol. The summed E-state index contributed by atoms with van der Waals surface area (Å²) in [7, 11) is 0. The van der Waals surface area contributed by atoms with Crippen molar-refractivity contribution in [1.82, 2.24) is 10.6 Å². The topological polar surface area (TPSA) is 99.7 Å². The number of benzene rings is 2. The van der Waals surface area contributed by atoms with Crippen LogP contribution in [0.3, 0.4) is 0 Å². The second-order valence-electron chi connectivity index (χ2n) is 6.89. The number of carbonyl (C=O) groups excluding carboxylic acids is 2. The van der Waals surface area contributed by atoms with E-state index in [0.717, 1.165) is 12.1 Å². The first kappa shape index (κ1) is 23.3. The number of halogens is 4. The fraction of sp³-hybridized carbons (Fsp3) is 0.238. The molecular formula is C21H19ClF3N3O4. The van der Waals surface area contributed by atoms with Crippen molar-refractivity contribution in [3.05, 3.63) is 63.8 Å². The summed E-state index contributed by atoms with van der Waals surface area (Å²) in [6.45, 7) is 3.41. The van der Waals surface area contributed by atoms with Crippen molar-refractivity contribution in [3.63, 3.8) is 0 Å². The summed E-state index contributed by atoms with van der Waals surface area (Å²) < 4.78 is 44.3. The molecule has 0 radical (unpaired) electrons. The van der Waals surface area contributed by atoms with Crippen molar-refractivity contribution >= 4 is 29.2 Å². The van der Waals surface area contributed by atoms with Gasteiger partial charge in [0, 0.05) is 11.4 Å². The highest BCUT2D eigenvalue weighted by Crippen LogP contribution is 2.39. The molecule has 3 amide bonds. The number of hydrogen-bond acceptors (Lipinski definition) is 4. The van der Waals surface area contributed by atoms with Gasteiger partial charge in [-0.2, -0.15) is 13.2 Å². The molecule has 0 aliphatic carbocycles. The summed E-state index contributed by atoms with van der Waals surface area (Å²) in [6, 6.07) is 5.37. The van der Waals surface area contributed by atoms with Crippen molar-refractivity contribution in [2.75, 3.05) is 11.9 Å². The average molecular weight is 470 g/mol. The predicted molar refractivity (Wildman–Crippen MR) is 111 cm³/mol. The van der Waals surface area contributed by atoms with E-state index in [1.807, 2.05) is 0 Å². The van der Waals surface area contributed by atoms with E-state index in [-0.39, 0.29) is 40.1 Å². The molecule has 11 heteroatoms. The van der Waals surface area contributed by atoms with Gasteiger partial charge in [-0.25, -0.2) is 4.79 Å². The van der Waals surface area contributed by atoms with Gasteiger partial charge in [0.2, 0.25) is 0 Å². The molecule has 4 N–H and O–H groups in total. The van der Waals surface area contributed by atoms with E-state index in [4.69, 9.17) is 16.3 Å². The molecule has 0 bridgehead atoms. The molecule has 2 aromatic carbocycles. The Hall–Kier alpha value is -3.40.